The number of nitrogens with zero attached hydrogens (tertiary/aromatic N) is 6. The van der Waals surface area contributed by atoms with Crippen LogP contribution < -0.4 is 4.90 Å². The van der Waals surface area contributed by atoms with Gasteiger partial charge in [0, 0.05) is 51.2 Å². The van der Waals surface area contributed by atoms with Gasteiger partial charge in [-0.15, -0.1) is 0 Å². The molecule has 0 N–H and O–H groups in total. The molecule has 3 heterocycles. The first-order valence-electron chi connectivity index (χ1n) is 9.53. The van der Waals surface area contributed by atoms with E-state index >= 15 is 0 Å². The van der Waals surface area contributed by atoms with E-state index in [-0.39, 0.29) is 11.9 Å². The number of hydrogen-bond donors (Lipinski definition) is 0. The third-order valence-corrected chi connectivity index (χ3v) is 5.16. The Hall–Kier alpha value is -2.80. The maximum absolute atomic E-state index is 13.9. The van der Waals surface area contributed by atoms with E-state index in [1.165, 1.54) is 11.6 Å². The predicted molar refractivity (Wildman–Crippen MR) is 107 cm³/mol. The third kappa shape index (κ3) is 3.75. The van der Waals surface area contributed by atoms with Crippen LogP contribution in [0.3, 0.4) is 0 Å². The Morgan fingerprint density at radius 1 is 1.25 bits per heavy atom. The largest absolute Gasteiger partial charge is 0.347 e. The molecule has 1 unspecified atom stereocenters. The summed E-state index contributed by atoms with van der Waals surface area (Å²) >= 11 is 0. The highest BCUT2D eigenvalue weighted by molar-refractivity contribution is 5.66. The van der Waals surface area contributed by atoms with Gasteiger partial charge in [0.15, 0.2) is 0 Å². The molecule has 1 saturated heterocycles. The summed E-state index contributed by atoms with van der Waals surface area (Å²) in [6, 6.07) is 6.83. The average molecular weight is 380 g/mol. The minimum Gasteiger partial charge on any atom is -0.347 e. The topological polar surface area (TPSA) is 50.1 Å². The van der Waals surface area contributed by atoms with Crippen molar-refractivity contribution in [2.75, 3.05) is 25.5 Å². The van der Waals surface area contributed by atoms with Crippen LogP contribution in [0, 0.1) is 5.82 Å². The van der Waals surface area contributed by atoms with Crippen molar-refractivity contribution in [1.82, 2.24) is 24.6 Å². The molecule has 0 saturated carbocycles. The maximum Gasteiger partial charge on any atom is 0.225 e. The van der Waals surface area contributed by atoms with Crippen molar-refractivity contribution in [1.29, 1.82) is 0 Å². The second-order valence-electron chi connectivity index (χ2n) is 7.52. The van der Waals surface area contributed by atoms with Gasteiger partial charge >= 0.3 is 0 Å². The Labute approximate surface area is 164 Å². The van der Waals surface area contributed by atoms with Crippen molar-refractivity contribution in [2.45, 2.75) is 25.4 Å². The minimum absolute atomic E-state index is 0.167. The summed E-state index contributed by atoms with van der Waals surface area (Å²) in [4.78, 5) is 13.7. The van der Waals surface area contributed by atoms with E-state index in [2.05, 4.69) is 15.0 Å². The number of halogens is 1. The Morgan fingerprint density at radius 3 is 2.82 bits per heavy atom. The fourth-order valence-corrected chi connectivity index (χ4v) is 3.85. The molecule has 0 radical (unpaired) electrons. The molecule has 2 aromatic heterocycles. The molecule has 0 bridgehead atoms. The van der Waals surface area contributed by atoms with Gasteiger partial charge in [-0.25, -0.2) is 14.4 Å². The molecule has 1 atom stereocenters. The standard InChI is InChI=1S/C21H25FN6/c1-26(2)21-23-12-18(16-6-4-7-17(22)10-16)20(25-21)19-8-5-9-28(19)14-15-11-24-27(3)13-15/h4,6-7,10-13,19H,5,8-9,14H2,1-3H3. The van der Waals surface area contributed by atoms with E-state index in [1.54, 1.807) is 12.1 Å². The normalized spacial score (nSPS) is 17.2. The van der Waals surface area contributed by atoms with Crippen LogP contribution in [0.1, 0.15) is 30.1 Å². The van der Waals surface area contributed by atoms with Gasteiger partial charge in [-0.3, -0.25) is 9.58 Å². The van der Waals surface area contributed by atoms with E-state index < -0.39 is 0 Å². The highest BCUT2D eigenvalue weighted by atomic mass is 19.1. The van der Waals surface area contributed by atoms with Gasteiger partial charge in [0.05, 0.1) is 17.9 Å². The molecule has 1 fully saturated rings. The van der Waals surface area contributed by atoms with Crippen LogP contribution in [0.5, 0.6) is 0 Å². The summed E-state index contributed by atoms with van der Waals surface area (Å²) in [7, 11) is 5.80. The number of anilines is 1. The average Bonchev–Trinajstić information content (AvgIpc) is 3.30. The molecule has 0 spiro atoms. The van der Waals surface area contributed by atoms with Gasteiger partial charge in [-0.2, -0.15) is 5.10 Å². The van der Waals surface area contributed by atoms with Crippen LogP contribution in [0.4, 0.5) is 10.3 Å². The van der Waals surface area contributed by atoms with Gasteiger partial charge in [-0.1, -0.05) is 12.1 Å². The van der Waals surface area contributed by atoms with Gasteiger partial charge in [0.25, 0.3) is 0 Å². The molecule has 3 aromatic rings. The lowest BCUT2D eigenvalue weighted by atomic mass is 9.99. The molecule has 6 nitrogen and oxygen atoms in total. The minimum atomic E-state index is -0.251. The first-order chi connectivity index (χ1) is 13.5. The van der Waals surface area contributed by atoms with E-state index in [0.717, 1.165) is 42.8 Å². The van der Waals surface area contributed by atoms with Crippen molar-refractivity contribution in [2.24, 2.45) is 7.05 Å². The summed E-state index contributed by atoms with van der Waals surface area (Å²) in [5.41, 5.74) is 3.86. The van der Waals surface area contributed by atoms with Gasteiger partial charge in [0.2, 0.25) is 5.95 Å². The van der Waals surface area contributed by atoms with Crippen LogP contribution in [-0.2, 0) is 13.6 Å². The van der Waals surface area contributed by atoms with E-state index in [9.17, 15) is 4.39 Å². The Morgan fingerprint density at radius 2 is 2.11 bits per heavy atom. The predicted octanol–water partition coefficient (Wildman–Crippen LogP) is 3.42. The summed E-state index contributed by atoms with van der Waals surface area (Å²) < 4.78 is 15.7. The van der Waals surface area contributed by atoms with Crippen LogP contribution in [0.2, 0.25) is 0 Å². The fourth-order valence-electron chi connectivity index (χ4n) is 3.85. The van der Waals surface area contributed by atoms with E-state index in [0.29, 0.717) is 5.95 Å². The lowest BCUT2D eigenvalue weighted by Crippen LogP contribution is -2.25. The van der Waals surface area contributed by atoms with Crippen molar-refractivity contribution in [3.8, 4) is 11.1 Å². The van der Waals surface area contributed by atoms with Gasteiger partial charge < -0.3 is 4.90 Å². The van der Waals surface area contributed by atoms with E-state index in [1.807, 2.05) is 55.4 Å². The highest BCUT2D eigenvalue weighted by Gasteiger charge is 2.30. The molecule has 1 aliphatic heterocycles. The van der Waals surface area contributed by atoms with Gasteiger partial charge in [0.1, 0.15) is 5.82 Å². The Bertz CT molecular complexity index is 967. The summed E-state index contributed by atoms with van der Waals surface area (Å²) in [6.45, 7) is 1.83. The van der Waals surface area contributed by atoms with Crippen LogP contribution >= 0.6 is 0 Å². The highest BCUT2D eigenvalue weighted by Crippen LogP contribution is 2.38. The van der Waals surface area contributed by atoms with Gasteiger partial charge in [-0.05, 0) is 37.1 Å². The summed E-state index contributed by atoms with van der Waals surface area (Å²) in [5.74, 6) is 0.419. The van der Waals surface area contributed by atoms with Crippen molar-refractivity contribution >= 4 is 5.95 Å². The number of rotatable bonds is 5. The third-order valence-electron chi connectivity index (χ3n) is 5.16. The zero-order valence-electron chi connectivity index (χ0n) is 16.5. The number of aryl methyl sites for hydroxylation is 1. The number of aromatic nitrogens is 4. The molecular weight excluding hydrogens is 355 g/mol. The zero-order valence-corrected chi connectivity index (χ0v) is 16.5. The SMILES string of the molecule is CN(C)c1ncc(-c2cccc(F)c2)c(C2CCCN2Cc2cnn(C)c2)n1. The van der Waals surface area contributed by atoms with E-state index in [4.69, 9.17) is 4.98 Å². The van der Waals surface area contributed by atoms with Crippen molar-refractivity contribution in [3.05, 3.63) is 59.9 Å². The first-order valence-corrected chi connectivity index (χ1v) is 9.53. The second-order valence-corrected chi connectivity index (χ2v) is 7.52. The van der Waals surface area contributed by atoms with Crippen molar-refractivity contribution < 1.29 is 4.39 Å². The Kier molecular flexibility index (Phi) is 5.09. The molecule has 1 aliphatic rings. The summed E-state index contributed by atoms with van der Waals surface area (Å²) in [6.07, 6.45) is 7.91. The molecule has 0 amide bonds. The molecule has 28 heavy (non-hydrogen) atoms. The van der Waals surface area contributed by atoms with Crippen LogP contribution in [0.15, 0.2) is 42.9 Å². The molecule has 146 valence electrons. The van der Waals surface area contributed by atoms with Crippen LogP contribution in [-0.4, -0.2) is 45.3 Å². The number of hydrogen-bond acceptors (Lipinski definition) is 5. The monoisotopic (exact) mass is 380 g/mol. The summed E-state index contributed by atoms with van der Waals surface area (Å²) in [5, 5.41) is 4.28. The maximum atomic E-state index is 13.9. The quantitative estimate of drug-likeness (QED) is 0.679. The smallest absolute Gasteiger partial charge is 0.225 e. The fraction of sp³-hybridized carbons (Fsp3) is 0.381. The lowest BCUT2D eigenvalue weighted by Gasteiger charge is -2.26. The molecule has 1 aromatic carbocycles. The van der Waals surface area contributed by atoms with Crippen molar-refractivity contribution in [3.63, 3.8) is 0 Å². The number of likely N-dealkylation sites (tertiary alicyclic amines) is 1. The molecule has 7 heteroatoms. The number of benzene rings is 1. The van der Waals surface area contributed by atoms with Crippen LogP contribution in [0.25, 0.3) is 11.1 Å². The Balaban J connectivity index is 1.74. The first kappa shape index (κ1) is 18.6. The molecular formula is C21H25FN6. The zero-order chi connectivity index (χ0) is 19.7. The molecule has 4 rings (SSSR count). The molecule has 0 aliphatic carbocycles. The second kappa shape index (κ2) is 7.67. The lowest BCUT2D eigenvalue weighted by molar-refractivity contribution is 0.245.